The van der Waals surface area contributed by atoms with E-state index in [2.05, 4.69) is 28.5 Å². The maximum absolute atomic E-state index is 12.3. The van der Waals surface area contributed by atoms with Gasteiger partial charge in [0, 0.05) is 11.9 Å². The van der Waals surface area contributed by atoms with E-state index in [0.717, 1.165) is 42.3 Å². The highest BCUT2D eigenvalue weighted by molar-refractivity contribution is 7.89. The number of aromatic nitrogens is 1. The van der Waals surface area contributed by atoms with Crippen molar-refractivity contribution in [2.45, 2.75) is 45.2 Å². The third-order valence-corrected chi connectivity index (χ3v) is 6.25. The number of sulfonamides is 1. The molecule has 0 fully saturated rings. The van der Waals surface area contributed by atoms with Crippen molar-refractivity contribution in [3.05, 3.63) is 45.9 Å². The van der Waals surface area contributed by atoms with Crippen LogP contribution >= 0.6 is 11.3 Å². The molecular formula is C17H25N3O2S2. The molecular weight excluding hydrogens is 342 g/mol. The highest BCUT2D eigenvalue weighted by atomic mass is 32.2. The van der Waals surface area contributed by atoms with Gasteiger partial charge in [-0.15, -0.1) is 11.3 Å². The number of thiazole rings is 1. The summed E-state index contributed by atoms with van der Waals surface area (Å²) in [6, 6.07) is 6.99. The van der Waals surface area contributed by atoms with Gasteiger partial charge >= 0.3 is 0 Å². The van der Waals surface area contributed by atoms with Gasteiger partial charge in [-0.25, -0.2) is 18.1 Å². The molecule has 0 aliphatic heterocycles. The van der Waals surface area contributed by atoms with Gasteiger partial charge in [-0.2, -0.15) is 0 Å². The fourth-order valence-corrected chi connectivity index (χ4v) is 4.13. The first-order valence-corrected chi connectivity index (χ1v) is 10.6. The largest absolute Gasteiger partial charge is 0.298 e. The fraction of sp³-hybridized carbons (Fsp3) is 0.471. The summed E-state index contributed by atoms with van der Waals surface area (Å²) in [5, 5.41) is 2.78. The Morgan fingerprint density at radius 3 is 2.38 bits per heavy atom. The lowest BCUT2D eigenvalue weighted by atomic mass is 10.2. The molecule has 0 aliphatic carbocycles. The molecule has 0 unspecified atom stereocenters. The molecule has 1 aromatic heterocycles. The minimum atomic E-state index is -3.50. The molecule has 24 heavy (non-hydrogen) atoms. The summed E-state index contributed by atoms with van der Waals surface area (Å²) in [7, 11) is -3.50. The Labute approximate surface area is 148 Å². The zero-order valence-corrected chi connectivity index (χ0v) is 16.1. The Bertz CT molecular complexity index is 735. The van der Waals surface area contributed by atoms with Crippen LogP contribution in [0.5, 0.6) is 0 Å². The van der Waals surface area contributed by atoms with Gasteiger partial charge in [0.25, 0.3) is 0 Å². The van der Waals surface area contributed by atoms with E-state index in [9.17, 15) is 8.42 Å². The van der Waals surface area contributed by atoms with Gasteiger partial charge < -0.3 is 0 Å². The lowest BCUT2D eigenvalue weighted by molar-refractivity contribution is 0.292. The lowest BCUT2D eigenvalue weighted by Crippen LogP contribution is -2.24. The first kappa shape index (κ1) is 19.1. The number of nitrogens with zero attached hydrogens (tertiary/aromatic N) is 2. The summed E-state index contributed by atoms with van der Waals surface area (Å²) in [5.74, 6) is 0. The molecule has 7 heteroatoms. The number of rotatable bonds is 9. The van der Waals surface area contributed by atoms with E-state index in [-0.39, 0.29) is 6.54 Å². The predicted octanol–water partition coefficient (Wildman–Crippen LogP) is 3.03. The average molecular weight is 368 g/mol. The summed E-state index contributed by atoms with van der Waals surface area (Å²) in [6.45, 7) is 9.26. The van der Waals surface area contributed by atoms with Gasteiger partial charge in [0.05, 0.1) is 17.1 Å². The quantitative estimate of drug-likeness (QED) is 0.740. The van der Waals surface area contributed by atoms with Crippen LogP contribution in [0.3, 0.4) is 0 Å². The van der Waals surface area contributed by atoms with Crippen LogP contribution in [0.2, 0.25) is 0 Å². The van der Waals surface area contributed by atoms with Crippen LogP contribution in [0.4, 0.5) is 0 Å². The Kier molecular flexibility index (Phi) is 6.91. The number of aryl methyl sites for hydroxylation is 1. The fourth-order valence-electron chi connectivity index (χ4n) is 2.32. The zero-order valence-electron chi connectivity index (χ0n) is 14.4. The van der Waals surface area contributed by atoms with Crippen molar-refractivity contribution in [3.8, 4) is 0 Å². The van der Waals surface area contributed by atoms with Gasteiger partial charge in [-0.05, 0) is 37.2 Å². The van der Waals surface area contributed by atoms with Crippen molar-refractivity contribution >= 4 is 21.4 Å². The standard InChI is InChI=1S/C17H25N3O2S2/c1-4-14-7-9-16(10-8-14)24(21,22)18-11-17-19-15(13-23-17)12-20(5-2)6-3/h7-10,13,18H,4-6,11-12H2,1-3H3. The Morgan fingerprint density at radius 2 is 1.79 bits per heavy atom. The first-order chi connectivity index (χ1) is 11.5. The number of hydrogen-bond donors (Lipinski definition) is 1. The van der Waals surface area contributed by atoms with Crippen molar-refractivity contribution in [2.75, 3.05) is 13.1 Å². The number of benzene rings is 1. The maximum atomic E-state index is 12.3. The minimum Gasteiger partial charge on any atom is -0.298 e. The van der Waals surface area contributed by atoms with E-state index < -0.39 is 10.0 Å². The molecule has 0 saturated heterocycles. The van der Waals surface area contributed by atoms with Gasteiger partial charge in [0.15, 0.2) is 0 Å². The van der Waals surface area contributed by atoms with Crippen LogP contribution in [0.15, 0.2) is 34.5 Å². The van der Waals surface area contributed by atoms with Crippen LogP contribution < -0.4 is 4.72 Å². The van der Waals surface area contributed by atoms with Gasteiger partial charge in [0.1, 0.15) is 5.01 Å². The summed E-state index contributed by atoms with van der Waals surface area (Å²) in [5.41, 5.74) is 2.11. The van der Waals surface area contributed by atoms with Crippen molar-refractivity contribution in [1.29, 1.82) is 0 Å². The molecule has 5 nitrogen and oxygen atoms in total. The molecule has 0 radical (unpaired) electrons. The van der Waals surface area contributed by atoms with Crippen molar-refractivity contribution < 1.29 is 8.42 Å². The number of hydrogen-bond acceptors (Lipinski definition) is 5. The van der Waals surface area contributed by atoms with E-state index in [1.165, 1.54) is 11.3 Å². The van der Waals surface area contributed by atoms with Crippen LogP contribution in [0.1, 0.15) is 37.0 Å². The molecule has 132 valence electrons. The first-order valence-electron chi connectivity index (χ1n) is 8.22. The predicted molar refractivity (Wildman–Crippen MR) is 98.6 cm³/mol. The third kappa shape index (κ3) is 5.11. The third-order valence-electron chi connectivity index (χ3n) is 3.93. The molecule has 0 atom stereocenters. The highest BCUT2D eigenvalue weighted by Gasteiger charge is 2.15. The Balaban J connectivity index is 1.97. The zero-order chi connectivity index (χ0) is 17.6. The SMILES string of the molecule is CCc1ccc(S(=O)(=O)NCc2nc(CN(CC)CC)cs2)cc1. The Hall–Kier alpha value is -1.28. The molecule has 0 saturated carbocycles. The van der Waals surface area contributed by atoms with Crippen molar-refractivity contribution in [1.82, 2.24) is 14.6 Å². The van der Waals surface area contributed by atoms with Crippen LogP contribution in [0, 0.1) is 0 Å². The van der Waals surface area contributed by atoms with Gasteiger partial charge in [-0.3, -0.25) is 4.90 Å². The van der Waals surface area contributed by atoms with Crippen molar-refractivity contribution in [3.63, 3.8) is 0 Å². The molecule has 0 aliphatic rings. The van der Waals surface area contributed by atoms with Gasteiger partial charge in [-0.1, -0.05) is 32.9 Å². The lowest BCUT2D eigenvalue weighted by Gasteiger charge is -2.15. The van der Waals surface area contributed by atoms with E-state index >= 15 is 0 Å². The van der Waals surface area contributed by atoms with E-state index in [1.54, 1.807) is 12.1 Å². The van der Waals surface area contributed by atoms with E-state index in [4.69, 9.17) is 0 Å². The molecule has 2 aromatic rings. The summed E-state index contributed by atoms with van der Waals surface area (Å²) in [6.07, 6.45) is 0.891. The molecule has 1 aromatic carbocycles. The van der Waals surface area contributed by atoms with Crippen LogP contribution in [-0.4, -0.2) is 31.4 Å². The topological polar surface area (TPSA) is 62.3 Å². The summed E-state index contributed by atoms with van der Waals surface area (Å²) < 4.78 is 27.3. The second-order valence-corrected chi connectivity index (χ2v) is 8.23. The van der Waals surface area contributed by atoms with Crippen LogP contribution in [-0.2, 0) is 29.5 Å². The summed E-state index contributed by atoms with van der Waals surface area (Å²) >= 11 is 1.49. The normalized spacial score (nSPS) is 12.0. The molecule has 0 bridgehead atoms. The van der Waals surface area contributed by atoms with Crippen molar-refractivity contribution in [2.24, 2.45) is 0 Å². The summed E-state index contributed by atoms with van der Waals surface area (Å²) in [4.78, 5) is 7.09. The van der Waals surface area contributed by atoms with Crippen LogP contribution in [0.25, 0.3) is 0 Å². The maximum Gasteiger partial charge on any atom is 0.240 e. The monoisotopic (exact) mass is 367 g/mol. The minimum absolute atomic E-state index is 0.223. The second-order valence-electron chi connectivity index (χ2n) is 5.52. The Morgan fingerprint density at radius 1 is 1.12 bits per heavy atom. The van der Waals surface area contributed by atoms with E-state index in [1.807, 2.05) is 24.4 Å². The van der Waals surface area contributed by atoms with E-state index in [0.29, 0.717) is 4.90 Å². The number of nitrogens with one attached hydrogen (secondary N) is 1. The average Bonchev–Trinajstić information content (AvgIpc) is 3.05. The molecule has 2 rings (SSSR count). The molecule has 0 amide bonds. The second kappa shape index (κ2) is 8.71. The van der Waals surface area contributed by atoms with Gasteiger partial charge in [0.2, 0.25) is 10.0 Å². The molecule has 1 N–H and O–H groups in total. The smallest absolute Gasteiger partial charge is 0.240 e. The highest BCUT2D eigenvalue weighted by Crippen LogP contribution is 2.14. The molecule has 0 spiro atoms. The molecule has 1 heterocycles.